The zero-order valence-electron chi connectivity index (χ0n) is 11.5. The fourth-order valence-corrected chi connectivity index (χ4v) is 2.55. The number of aromatic nitrogens is 3. The van der Waals surface area contributed by atoms with Gasteiger partial charge < -0.3 is 9.88 Å². The molecule has 1 aliphatic heterocycles. The summed E-state index contributed by atoms with van der Waals surface area (Å²) in [6, 6.07) is 0.679. The third kappa shape index (κ3) is 3.43. The fraction of sp³-hybridized carbons (Fsp3) is 0.833. The number of piperidine rings is 1. The Kier molecular flexibility index (Phi) is 6.05. The molecule has 6 heteroatoms. The first-order valence-electron chi connectivity index (χ1n) is 6.52. The number of rotatable bonds is 4. The highest BCUT2D eigenvalue weighted by Crippen LogP contribution is 2.13. The Labute approximate surface area is 115 Å². The molecular formula is C12H24ClN5. The minimum absolute atomic E-state index is 0. The molecule has 1 aromatic rings. The van der Waals surface area contributed by atoms with E-state index >= 15 is 0 Å². The second kappa shape index (κ2) is 7.07. The average Bonchev–Trinajstić information content (AvgIpc) is 2.71. The molecule has 0 bridgehead atoms. The van der Waals surface area contributed by atoms with Crippen LogP contribution in [0.2, 0.25) is 0 Å². The van der Waals surface area contributed by atoms with Gasteiger partial charge in [-0.2, -0.15) is 0 Å². The molecule has 0 unspecified atom stereocenters. The lowest BCUT2D eigenvalue weighted by atomic mass is 10.1. The number of aryl methyl sites for hydroxylation is 1. The number of halogens is 1. The summed E-state index contributed by atoms with van der Waals surface area (Å²) >= 11 is 0. The molecule has 0 radical (unpaired) electrons. The Balaban J connectivity index is 0.00000162. The van der Waals surface area contributed by atoms with Crippen LogP contribution in [0.15, 0.2) is 0 Å². The van der Waals surface area contributed by atoms with Crippen molar-refractivity contribution in [3.8, 4) is 0 Å². The molecule has 0 spiro atoms. The van der Waals surface area contributed by atoms with Crippen LogP contribution in [-0.2, 0) is 13.1 Å². The van der Waals surface area contributed by atoms with Crippen LogP contribution >= 0.6 is 12.4 Å². The van der Waals surface area contributed by atoms with Gasteiger partial charge in [-0.3, -0.25) is 4.90 Å². The van der Waals surface area contributed by atoms with Gasteiger partial charge in [0.25, 0.3) is 0 Å². The summed E-state index contributed by atoms with van der Waals surface area (Å²) < 4.78 is 2.19. The van der Waals surface area contributed by atoms with Gasteiger partial charge in [-0.15, -0.1) is 22.6 Å². The van der Waals surface area contributed by atoms with Crippen LogP contribution in [0.25, 0.3) is 0 Å². The third-order valence-electron chi connectivity index (χ3n) is 3.65. The molecule has 0 amide bonds. The van der Waals surface area contributed by atoms with Crippen molar-refractivity contribution in [1.29, 1.82) is 0 Å². The summed E-state index contributed by atoms with van der Waals surface area (Å²) in [5.74, 6) is 2.10. The van der Waals surface area contributed by atoms with Crippen LogP contribution in [0.5, 0.6) is 0 Å². The van der Waals surface area contributed by atoms with Gasteiger partial charge in [0, 0.05) is 12.6 Å². The second-order valence-corrected chi connectivity index (χ2v) is 4.80. The highest BCUT2D eigenvalue weighted by molar-refractivity contribution is 5.85. The normalized spacial score (nSPS) is 16.9. The van der Waals surface area contributed by atoms with Crippen molar-refractivity contribution in [2.75, 3.05) is 20.1 Å². The molecule has 1 saturated heterocycles. The summed E-state index contributed by atoms with van der Waals surface area (Å²) in [6.45, 7) is 8.28. The first-order chi connectivity index (χ1) is 8.22. The Morgan fingerprint density at radius 1 is 1.33 bits per heavy atom. The fourth-order valence-electron chi connectivity index (χ4n) is 2.55. The van der Waals surface area contributed by atoms with Gasteiger partial charge in [0.15, 0.2) is 0 Å². The van der Waals surface area contributed by atoms with Crippen molar-refractivity contribution in [2.24, 2.45) is 0 Å². The van der Waals surface area contributed by atoms with Crippen molar-refractivity contribution in [3.63, 3.8) is 0 Å². The van der Waals surface area contributed by atoms with Crippen LogP contribution in [0, 0.1) is 6.92 Å². The standard InChI is InChI=1S/C12H23N5.ClH/c1-4-17-10(2)14-15-12(17)9-16(3)11-5-7-13-8-6-11;/h11,13H,4-9H2,1-3H3;1H. The maximum atomic E-state index is 4.28. The molecule has 1 aromatic heterocycles. The number of hydrogen-bond acceptors (Lipinski definition) is 4. The van der Waals surface area contributed by atoms with E-state index in [2.05, 4.69) is 39.0 Å². The first-order valence-corrected chi connectivity index (χ1v) is 6.52. The number of hydrogen-bond donors (Lipinski definition) is 1. The molecule has 0 saturated carbocycles. The van der Waals surface area contributed by atoms with Gasteiger partial charge >= 0.3 is 0 Å². The van der Waals surface area contributed by atoms with Crippen LogP contribution in [-0.4, -0.2) is 45.8 Å². The van der Waals surface area contributed by atoms with Crippen molar-refractivity contribution in [1.82, 2.24) is 25.0 Å². The van der Waals surface area contributed by atoms with Crippen LogP contribution in [0.3, 0.4) is 0 Å². The van der Waals surface area contributed by atoms with Gasteiger partial charge in [0.05, 0.1) is 6.54 Å². The first kappa shape index (κ1) is 15.4. The molecule has 0 atom stereocenters. The van der Waals surface area contributed by atoms with Crippen molar-refractivity contribution < 1.29 is 0 Å². The largest absolute Gasteiger partial charge is 0.317 e. The highest BCUT2D eigenvalue weighted by Gasteiger charge is 2.19. The van der Waals surface area contributed by atoms with Crippen molar-refractivity contribution in [3.05, 3.63) is 11.6 Å². The van der Waals surface area contributed by atoms with Crippen LogP contribution in [0.1, 0.15) is 31.4 Å². The van der Waals surface area contributed by atoms with Gasteiger partial charge in [-0.05, 0) is 46.8 Å². The van der Waals surface area contributed by atoms with Gasteiger partial charge in [-0.25, -0.2) is 0 Å². The summed E-state index contributed by atoms with van der Waals surface area (Å²) in [5.41, 5.74) is 0. The molecule has 1 fully saturated rings. The van der Waals surface area contributed by atoms with E-state index in [1.807, 2.05) is 6.92 Å². The van der Waals surface area contributed by atoms with E-state index in [4.69, 9.17) is 0 Å². The smallest absolute Gasteiger partial charge is 0.147 e. The zero-order chi connectivity index (χ0) is 12.3. The van der Waals surface area contributed by atoms with Gasteiger partial charge in [-0.1, -0.05) is 0 Å². The van der Waals surface area contributed by atoms with E-state index in [1.165, 1.54) is 12.8 Å². The lowest BCUT2D eigenvalue weighted by Gasteiger charge is -2.31. The average molecular weight is 274 g/mol. The SMILES string of the molecule is CCn1c(C)nnc1CN(C)C1CCNCC1.Cl. The molecule has 0 aliphatic carbocycles. The Morgan fingerprint density at radius 3 is 2.61 bits per heavy atom. The molecule has 2 rings (SSSR count). The Morgan fingerprint density at radius 2 is 2.00 bits per heavy atom. The van der Waals surface area contributed by atoms with E-state index in [0.29, 0.717) is 6.04 Å². The molecular weight excluding hydrogens is 250 g/mol. The van der Waals surface area contributed by atoms with Gasteiger partial charge in [0.2, 0.25) is 0 Å². The van der Waals surface area contributed by atoms with E-state index in [0.717, 1.165) is 37.8 Å². The summed E-state index contributed by atoms with van der Waals surface area (Å²) in [4.78, 5) is 2.41. The quantitative estimate of drug-likeness (QED) is 0.896. The van der Waals surface area contributed by atoms with Crippen molar-refractivity contribution >= 4 is 12.4 Å². The predicted molar refractivity (Wildman–Crippen MR) is 75.0 cm³/mol. The minimum Gasteiger partial charge on any atom is -0.317 e. The Bertz CT molecular complexity index is 359. The molecule has 1 N–H and O–H groups in total. The van der Waals surface area contributed by atoms with E-state index in [1.54, 1.807) is 0 Å². The number of nitrogens with zero attached hydrogens (tertiary/aromatic N) is 4. The topological polar surface area (TPSA) is 46.0 Å². The molecule has 5 nitrogen and oxygen atoms in total. The third-order valence-corrected chi connectivity index (χ3v) is 3.65. The highest BCUT2D eigenvalue weighted by atomic mass is 35.5. The molecule has 104 valence electrons. The van der Waals surface area contributed by atoms with Gasteiger partial charge in [0.1, 0.15) is 11.6 Å². The second-order valence-electron chi connectivity index (χ2n) is 4.80. The lowest BCUT2D eigenvalue weighted by Crippen LogP contribution is -2.41. The van der Waals surface area contributed by atoms with E-state index in [9.17, 15) is 0 Å². The maximum absolute atomic E-state index is 4.28. The molecule has 0 aromatic carbocycles. The van der Waals surface area contributed by atoms with Crippen LogP contribution < -0.4 is 5.32 Å². The zero-order valence-corrected chi connectivity index (χ0v) is 12.3. The minimum atomic E-state index is 0. The lowest BCUT2D eigenvalue weighted by molar-refractivity contribution is 0.185. The molecule has 1 aliphatic rings. The van der Waals surface area contributed by atoms with Crippen molar-refractivity contribution in [2.45, 2.75) is 45.8 Å². The molecule has 18 heavy (non-hydrogen) atoms. The van der Waals surface area contributed by atoms with E-state index < -0.39 is 0 Å². The summed E-state index contributed by atoms with van der Waals surface area (Å²) in [6.07, 6.45) is 2.46. The summed E-state index contributed by atoms with van der Waals surface area (Å²) in [7, 11) is 2.19. The van der Waals surface area contributed by atoms with E-state index in [-0.39, 0.29) is 12.4 Å². The monoisotopic (exact) mass is 273 g/mol. The predicted octanol–water partition coefficient (Wildman–Crippen LogP) is 1.21. The maximum Gasteiger partial charge on any atom is 0.147 e. The summed E-state index contributed by atoms with van der Waals surface area (Å²) in [5, 5.41) is 11.8. The number of nitrogens with one attached hydrogen (secondary N) is 1. The Hall–Kier alpha value is -0.650. The molecule has 2 heterocycles. The van der Waals surface area contributed by atoms with Crippen LogP contribution in [0.4, 0.5) is 0 Å².